The van der Waals surface area contributed by atoms with Crippen LogP contribution in [0.2, 0.25) is 16.6 Å². The molecule has 2 heterocycles. The van der Waals surface area contributed by atoms with Gasteiger partial charge < -0.3 is 23.4 Å². The molecular formula is C43H59N3O7Si. The van der Waals surface area contributed by atoms with Crippen LogP contribution in [0.4, 0.5) is 0 Å². The fourth-order valence-corrected chi connectivity index (χ4v) is 14.0. The normalized spacial score (nSPS) is 18.5. The van der Waals surface area contributed by atoms with E-state index >= 15 is 0 Å². The summed E-state index contributed by atoms with van der Waals surface area (Å²) in [6.45, 7) is 19.2. The third-order valence-corrected chi connectivity index (χ3v) is 17.2. The molecule has 11 heteroatoms. The molecule has 1 saturated heterocycles. The van der Waals surface area contributed by atoms with Gasteiger partial charge in [-0.25, -0.2) is 4.79 Å². The van der Waals surface area contributed by atoms with Crippen molar-refractivity contribution in [1.82, 2.24) is 14.5 Å². The van der Waals surface area contributed by atoms with Crippen LogP contribution in [-0.2, 0) is 19.5 Å². The molecule has 1 aliphatic heterocycles. The quantitative estimate of drug-likeness (QED) is 0.0916. The van der Waals surface area contributed by atoms with Crippen LogP contribution in [0.3, 0.4) is 0 Å². The molecule has 3 aromatic carbocycles. The number of nitrogens with zero attached hydrogens (tertiary/aromatic N) is 2. The van der Waals surface area contributed by atoms with Crippen LogP contribution in [0.15, 0.2) is 101 Å². The van der Waals surface area contributed by atoms with Gasteiger partial charge >= 0.3 is 5.69 Å². The van der Waals surface area contributed by atoms with Gasteiger partial charge in [0.15, 0.2) is 14.5 Å². The van der Waals surface area contributed by atoms with E-state index in [1.54, 1.807) is 14.2 Å². The molecule has 1 N–H and O–H groups in total. The molecule has 5 rings (SSSR count). The molecular weight excluding hydrogens is 699 g/mol. The Morgan fingerprint density at radius 3 is 1.74 bits per heavy atom. The van der Waals surface area contributed by atoms with E-state index in [-0.39, 0.29) is 19.3 Å². The fourth-order valence-electron chi connectivity index (χ4n) is 8.46. The van der Waals surface area contributed by atoms with Crippen LogP contribution in [0, 0.1) is 0 Å². The Morgan fingerprint density at radius 1 is 0.759 bits per heavy atom. The highest BCUT2D eigenvalue weighted by Gasteiger charge is 2.51. The molecule has 292 valence electrons. The number of ether oxygens (including phenoxy) is 4. The molecule has 0 amide bonds. The summed E-state index contributed by atoms with van der Waals surface area (Å²) < 4.78 is 34.8. The minimum absolute atomic E-state index is 0.108. The second-order valence-electron chi connectivity index (χ2n) is 15.7. The lowest BCUT2D eigenvalue weighted by Crippen LogP contribution is -2.63. The zero-order valence-electron chi connectivity index (χ0n) is 33.6. The molecule has 1 aliphatic rings. The van der Waals surface area contributed by atoms with Gasteiger partial charge in [-0.05, 0) is 71.4 Å². The van der Waals surface area contributed by atoms with Crippen LogP contribution >= 0.6 is 0 Å². The number of nitrogens with one attached hydrogen (secondary N) is 1. The summed E-state index contributed by atoms with van der Waals surface area (Å²) >= 11 is 0. The van der Waals surface area contributed by atoms with Crippen LogP contribution in [0.1, 0.15) is 78.3 Å². The number of hydrogen-bond donors (Lipinski definition) is 1. The predicted molar refractivity (Wildman–Crippen MR) is 216 cm³/mol. The van der Waals surface area contributed by atoms with Crippen LogP contribution < -0.4 is 20.7 Å². The number of aromatic amines is 1. The first-order valence-electron chi connectivity index (χ1n) is 19.1. The largest absolute Gasteiger partial charge is 0.497 e. The van der Waals surface area contributed by atoms with Crippen molar-refractivity contribution < 1.29 is 23.4 Å². The van der Waals surface area contributed by atoms with E-state index in [1.165, 1.54) is 16.8 Å². The summed E-state index contributed by atoms with van der Waals surface area (Å²) in [5, 5.41) is 0. The number of rotatable bonds is 16. The van der Waals surface area contributed by atoms with Crippen molar-refractivity contribution in [3.05, 3.63) is 129 Å². The Balaban J connectivity index is 1.72. The highest BCUT2D eigenvalue weighted by molar-refractivity contribution is 6.77. The van der Waals surface area contributed by atoms with Crippen molar-refractivity contribution in [3.63, 3.8) is 0 Å². The molecule has 0 saturated carbocycles. The summed E-state index contributed by atoms with van der Waals surface area (Å²) in [6.07, 6.45) is 0.791. The van der Waals surface area contributed by atoms with E-state index < -0.39 is 37.0 Å². The lowest BCUT2D eigenvalue weighted by Gasteiger charge is -2.51. The first-order chi connectivity index (χ1) is 25.7. The molecule has 54 heavy (non-hydrogen) atoms. The predicted octanol–water partition coefficient (Wildman–Crippen LogP) is 7.73. The van der Waals surface area contributed by atoms with Gasteiger partial charge in [-0.15, -0.1) is 0 Å². The van der Waals surface area contributed by atoms with Gasteiger partial charge in [-0.1, -0.05) is 96.1 Å². The SMILES string of the molecule is COc1ccc(C(OC[C@]2(CO[Si](C(C)C)(C(C)C)C(C)C)CN(C(C)C)C[C@H](n3ccc(=O)[nH]c3=O)O2)(c2ccccc2)c2ccc(OC)cc2)cc1. The van der Waals surface area contributed by atoms with E-state index in [1.807, 2.05) is 66.7 Å². The number of H-pyrrole nitrogens is 1. The molecule has 1 aromatic heterocycles. The highest BCUT2D eigenvalue weighted by atomic mass is 28.4. The second-order valence-corrected chi connectivity index (χ2v) is 21.2. The fraction of sp³-hybridized carbons (Fsp3) is 0.488. The Kier molecular flexibility index (Phi) is 13.1. The van der Waals surface area contributed by atoms with Crippen molar-refractivity contribution in [2.24, 2.45) is 0 Å². The Morgan fingerprint density at radius 2 is 1.28 bits per heavy atom. The van der Waals surface area contributed by atoms with Crippen molar-refractivity contribution in [2.75, 3.05) is 40.5 Å². The van der Waals surface area contributed by atoms with Crippen molar-refractivity contribution in [2.45, 2.75) is 95.5 Å². The number of methoxy groups -OCH3 is 2. The van der Waals surface area contributed by atoms with Gasteiger partial charge in [0.25, 0.3) is 5.56 Å². The van der Waals surface area contributed by atoms with Gasteiger partial charge in [-0.2, -0.15) is 0 Å². The number of aromatic nitrogens is 2. The molecule has 0 aliphatic carbocycles. The summed E-state index contributed by atoms with van der Waals surface area (Å²) in [4.78, 5) is 30.2. The molecule has 1 fully saturated rings. The Hall–Kier alpha value is -4.00. The zero-order valence-corrected chi connectivity index (χ0v) is 34.6. The summed E-state index contributed by atoms with van der Waals surface area (Å²) in [5.41, 5.74) is 0.586. The standard InChI is InChI=1S/C43H59N3O7Si/c1-30(2)45-26-40(46-25-24-39(47)44-41(46)48)53-42(27-45,29-52-54(31(3)4,32(5)6)33(7)8)28-51-43(34-14-12-11-13-15-34,35-16-20-37(49-9)21-17-35)36-18-22-38(50-10)23-19-36/h11-25,30-33,40H,26-29H2,1-10H3,(H,44,47,48)/t40-,42+/m1/s1. The van der Waals surface area contributed by atoms with E-state index in [2.05, 4.69) is 77.4 Å². The third-order valence-electron chi connectivity index (χ3n) is 11.2. The molecule has 0 radical (unpaired) electrons. The van der Waals surface area contributed by atoms with Gasteiger partial charge in [-0.3, -0.25) is 19.2 Å². The Labute approximate surface area is 321 Å². The monoisotopic (exact) mass is 757 g/mol. The number of benzene rings is 3. The van der Waals surface area contributed by atoms with E-state index in [9.17, 15) is 9.59 Å². The van der Waals surface area contributed by atoms with Crippen LogP contribution in [0.5, 0.6) is 11.5 Å². The molecule has 4 aromatic rings. The first kappa shape index (κ1) is 41.2. The average molecular weight is 758 g/mol. The van der Waals surface area contributed by atoms with Gasteiger partial charge in [0.05, 0.1) is 27.4 Å². The topological polar surface area (TPSA) is 104 Å². The summed E-state index contributed by atoms with van der Waals surface area (Å²) in [7, 11) is 0.898. The van der Waals surface area contributed by atoms with Gasteiger partial charge in [0.2, 0.25) is 0 Å². The highest BCUT2D eigenvalue weighted by Crippen LogP contribution is 2.46. The smallest absolute Gasteiger partial charge is 0.330 e. The number of morpholine rings is 1. The molecule has 0 bridgehead atoms. The summed E-state index contributed by atoms with van der Waals surface area (Å²) in [6, 6.07) is 27.6. The van der Waals surface area contributed by atoms with Crippen molar-refractivity contribution >= 4 is 8.32 Å². The first-order valence-corrected chi connectivity index (χ1v) is 21.2. The van der Waals surface area contributed by atoms with E-state index in [0.717, 1.165) is 28.2 Å². The van der Waals surface area contributed by atoms with E-state index in [0.29, 0.717) is 29.7 Å². The molecule has 2 atom stereocenters. The van der Waals surface area contributed by atoms with Gasteiger partial charge in [0, 0.05) is 31.4 Å². The number of hydrogen-bond acceptors (Lipinski definition) is 8. The lowest BCUT2D eigenvalue weighted by molar-refractivity contribution is -0.232. The maximum Gasteiger partial charge on any atom is 0.330 e. The summed E-state index contributed by atoms with van der Waals surface area (Å²) in [5.74, 6) is 1.46. The second kappa shape index (κ2) is 17.2. The zero-order chi connectivity index (χ0) is 39.3. The van der Waals surface area contributed by atoms with Crippen molar-refractivity contribution in [1.29, 1.82) is 0 Å². The van der Waals surface area contributed by atoms with Gasteiger partial charge in [0.1, 0.15) is 22.7 Å². The third kappa shape index (κ3) is 8.30. The van der Waals surface area contributed by atoms with Crippen LogP contribution in [0.25, 0.3) is 0 Å². The molecule has 0 unspecified atom stereocenters. The minimum Gasteiger partial charge on any atom is -0.497 e. The minimum atomic E-state index is -2.41. The maximum absolute atomic E-state index is 13.3. The average Bonchev–Trinajstić information content (AvgIpc) is 3.15. The van der Waals surface area contributed by atoms with E-state index in [4.69, 9.17) is 23.4 Å². The lowest BCUT2D eigenvalue weighted by atomic mass is 9.79. The van der Waals surface area contributed by atoms with Crippen molar-refractivity contribution in [3.8, 4) is 11.5 Å². The molecule has 0 spiro atoms. The maximum atomic E-state index is 13.3. The van der Waals surface area contributed by atoms with Crippen LogP contribution in [-0.4, -0.2) is 74.9 Å². The molecule has 10 nitrogen and oxygen atoms in total. The Bertz CT molecular complexity index is 1840.